The van der Waals surface area contributed by atoms with Crippen LogP contribution in [0.4, 0.5) is 13.2 Å². The minimum Gasteiger partial charge on any atom is -0.355 e. The van der Waals surface area contributed by atoms with Crippen LogP contribution in [0, 0.1) is 0 Å². The van der Waals surface area contributed by atoms with Crippen LogP contribution >= 0.6 is 24.0 Å². The highest BCUT2D eigenvalue weighted by atomic mass is 127. The third-order valence-electron chi connectivity index (χ3n) is 3.73. The molecule has 2 aromatic rings. The lowest BCUT2D eigenvalue weighted by atomic mass is 10.1. The van der Waals surface area contributed by atoms with E-state index in [2.05, 4.69) is 15.6 Å². The largest absolute Gasteiger partial charge is 0.416 e. The summed E-state index contributed by atoms with van der Waals surface area (Å²) in [6.45, 7) is 0.396. The fourth-order valence-electron chi connectivity index (χ4n) is 2.27. The van der Waals surface area contributed by atoms with Crippen LogP contribution in [0.1, 0.15) is 11.1 Å². The molecule has 0 aliphatic heterocycles. The van der Waals surface area contributed by atoms with E-state index < -0.39 is 21.6 Å². The standard InChI is InChI=1S/C18H20F3N3O2S.HI/c1-22-17(23-11-12-27(25,26)16-5-3-2-4-6-16)24-13-14-7-9-15(10-8-14)18(19,20)21;/h2-10H,11-13H2,1H3,(H2,22,23,24);1H. The predicted molar refractivity (Wildman–Crippen MR) is 114 cm³/mol. The third-order valence-corrected chi connectivity index (χ3v) is 5.46. The van der Waals surface area contributed by atoms with Gasteiger partial charge in [0.1, 0.15) is 0 Å². The van der Waals surface area contributed by atoms with Crippen LogP contribution in [-0.4, -0.2) is 33.7 Å². The van der Waals surface area contributed by atoms with E-state index in [0.29, 0.717) is 11.5 Å². The lowest BCUT2D eigenvalue weighted by Crippen LogP contribution is -2.39. The molecule has 5 nitrogen and oxygen atoms in total. The molecule has 0 unspecified atom stereocenters. The van der Waals surface area contributed by atoms with Crippen LogP contribution in [0.5, 0.6) is 0 Å². The van der Waals surface area contributed by atoms with Crippen LogP contribution in [0.2, 0.25) is 0 Å². The van der Waals surface area contributed by atoms with E-state index in [1.807, 2.05) is 0 Å². The number of sulfone groups is 1. The number of hydrogen-bond donors (Lipinski definition) is 2. The van der Waals surface area contributed by atoms with Crippen molar-refractivity contribution in [2.24, 2.45) is 4.99 Å². The maximum absolute atomic E-state index is 12.6. The van der Waals surface area contributed by atoms with Gasteiger partial charge < -0.3 is 10.6 Å². The van der Waals surface area contributed by atoms with E-state index in [0.717, 1.165) is 12.1 Å². The van der Waals surface area contributed by atoms with Crippen molar-refractivity contribution in [2.45, 2.75) is 17.6 Å². The molecule has 10 heteroatoms. The Labute approximate surface area is 179 Å². The summed E-state index contributed by atoms with van der Waals surface area (Å²) in [6, 6.07) is 12.9. The molecule has 0 saturated heterocycles. The highest BCUT2D eigenvalue weighted by Gasteiger charge is 2.29. The summed E-state index contributed by atoms with van der Waals surface area (Å²) in [6.07, 6.45) is -4.37. The molecule has 0 amide bonds. The zero-order valence-electron chi connectivity index (χ0n) is 15.0. The lowest BCUT2D eigenvalue weighted by Gasteiger charge is -2.13. The lowest BCUT2D eigenvalue weighted by molar-refractivity contribution is -0.137. The summed E-state index contributed by atoms with van der Waals surface area (Å²) in [7, 11) is -1.88. The minimum atomic E-state index is -4.37. The smallest absolute Gasteiger partial charge is 0.355 e. The van der Waals surface area contributed by atoms with Gasteiger partial charge in [-0.05, 0) is 29.8 Å². The number of nitrogens with zero attached hydrogens (tertiary/aromatic N) is 1. The van der Waals surface area contributed by atoms with E-state index in [9.17, 15) is 21.6 Å². The van der Waals surface area contributed by atoms with Crippen molar-refractivity contribution in [1.82, 2.24) is 10.6 Å². The van der Waals surface area contributed by atoms with E-state index in [1.54, 1.807) is 18.2 Å². The highest BCUT2D eigenvalue weighted by molar-refractivity contribution is 14.0. The van der Waals surface area contributed by atoms with Gasteiger partial charge in [-0.1, -0.05) is 30.3 Å². The number of halogens is 4. The van der Waals surface area contributed by atoms with Gasteiger partial charge in [0.25, 0.3) is 0 Å². The summed E-state index contributed by atoms with van der Waals surface area (Å²) in [5.74, 6) is 0.246. The average molecular weight is 527 g/mol. The van der Waals surface area contributed by atoms with Crippen LogP contribution in [0.15, 0.2) is 64.5 Å². The molecule has 0 heterocycles. The topological polar surface area (TPSA) is 70.6 Å². The van der Waals surface area contributed by atoms with Gasteiger partial charge in [0.15, 0.2) is 15.8 Å². The second kappa shape index (κ2) is 10.6. The molecule has 28 heavy (non-hydrogen) atoms. The summed E-state index contributed by atoms with van der Waals surface area (Å²) < 4.78 is 62.1. The number of aliphatic imine (C=N–C) groups is 1. The Hall–Kier alpha value is -1.82. The number of hydrogen-bond acceptors (Lipinski definition) is 3. The van der Waals surface area contributed by atoms with Crippen molar-refractivity contribution in [3.05, 3.63) is 65.7 Å². The molecule has 0 bridgehead atoms. The molecule has 0 aliphatic rings. The molecule has 0 aliphatic carbocycles. The Morgan fingerprint density at radius 2 is 1.61 bits per heavy atom. The van der Waals surface area contributed by atoms with Gasteiger partial charge in [0.05, 0.1) is 16.2 Å². The molecular weight excluding hydrogens is 506 g/mol. The normalized spacial score (nSPS) is 12.2. The van der Waals surface area contributed by atoms with Gasteiger partial charge in [-0.15, -0.1) is 24.0 Å². The molecule has 0 spiro atoms. The molecule has 0 atom stereocenters. The van der Waals surface area contributed by atoms with Crippen molar-refractivity contribution in [3.8, 4) is 0 Å². The second-order valence-electron chi connectivity index (χ2n) is 5.68. The number of nitrogens with one attached hydrogen (secondary N) is 2. The van der Waals surface area contributed by atoms with Crippen molar-refractivity contribution in [3.63, 3.8) is 0 Å². The molecule has 0 aromatic heterocycles. The fourth-order valence-corrected chi connectivity index (χ4v) is 3.45. The molecule has 154 valence electrons. The first-order valence-corrected chi connectivity index (χ1v) is 9.76. The van der Waals surface area contributed by atoms with Crippen LogP contribution in [0.25, 0.3) is 0 Å². The van der Waals surface area contributed by atoms with Crippen LogP contribution in [-0.2, 0) is 22.6 Å². The maximum Gasteiger partial charge on any atom is 0.416 e. The van der Waals surface area contributed by atoms with Gasteiger partial charge in [0, 0.05) is 20.1 Å². The first-order chi connectivity index (χ1) is 12.7. The SMILES string of the molecule is CN=C(NCCS(=O)(=O)c1ccccc1)NCc1ccc(C(F)(F)F)cc1.I. The first kappa shape index (κ1) is 24.2. The number of guanidine groups is 1. The van der Waals surface area contributed by atoms with Crippen molar-refractivity contribution in [2.75, 3.05) is 19.3 Å². The Morgan fingerprint density at radius 1 is 1.00 bits per heavy atom. The Kier molecular flexibility index (Phi) is 9.21. The van der Waals surface area contributed by atoms with Gasteiger partial charge in [-0.25, -0.2) is 8.42 Å². The molecule has 2 N–H and O–H groups in total. The summed E-state index contributed by atoms with van der Waals surface area (Å²) >= 11 is 0. The van der Waals surface area contributed by atoms with E-state index >= 15 is 0 Å². The van der Waals surface area contributed by atoms with E-state index in [1.165, 1.54) is 31.3 Å². The second-order valence-corrected chi connectivity index (χ2v) is 7.79. The highest BCUT2D eigenvalue weighted by Crippen LogP contribution is 2.29. The van der Waals surface area contributed by atoms with E-state index in [4.69, 9.17) is 0 Å². The Morgan fingerprint density at radius 3 is 2.14 bits per heavy atom. The Balaban J connectivity index is 0.00000392. The number of alkyl halides is 3. The van der Waals surface area contributed by atoms with Crippen LogP contribution < -0.4 is 10.6 Å². The van der Waals surface area contributed by atoms with Gasteiger partial charge >= 0.3 is 6.18 Å². The Bertz CT molecular complexity index is 871. The molecule has 2 aromatic carbocycles. The predicted octanol–water partition coefficient (Wildman–Crippen LogP) is 3.46. The summed E-state index contributed by atoms with van der Waals surface area (Å²) in [5, 5.41) is 5.81. The fraction of sp³-hybridized carbons (Fsp3) is 0.278. The van der Waals surface area contributed by atoms with E-state index in [-0.39, 0.29) is 47.7 Å². The van der Waals surface area contributed by atoms with Gasteiger partial charge in [-0.3, -0.25) is 4.99 Å². The maximum atomic E-state index is 12.6. The molecule has 0 saturated carbocycles. The van der Waals surface area contributed by atoms with Crippen molar-refractivity contribution >= 4 is 39.8 Å². The molecule has 2 rings (SSSR count). The first-order valence-electron chi connectivity index (χ1n) is 8.11. The minimum absolute atomic E-state index is 0. The quantitative estimate of drug-likeness (QED) is 0.343. The van der Waals surface area contributed by atoms with Gasteiger partial charge in [0.2, 0.25) is 0 Å². The zero-order valence-corrected chi connectivity index (χ0v) is 18.2. The number of benzene rings is 2. The zero-order chi connectivity index (χ0) is 19.9. The monoisotopic (exact) mass is 527 g/mol. The average Bonchev–Trinajstić information content (AvgIpc) is 2.65. The molecular formula is C18H21F3IN3O2S. The summed E-state index contributed by atoms with van der Waals surface area (Å²) in [4.78, 5) is 4.22. The summed E-state index contributed by atoms with van der Waals surface area (Å²) in [5.41, 5.74) is -0.0669. The third kappa shape index (κ3) is 7.30. The van der Waals surface area contributed by atoms with Crippen LogP contribution in [0.3, 0.4) is 0 Å². The molecule has 0 radical (unpaired) electrons. The van der Waals surface area contributed by atoms with Crippen molar-refractivity contribution < 1.29 is 21.6 Å². The van der Waals surface area contributed by atoms with Crippen molar-refractivity contribution in [1.29, 1.82) is 0 Å². The number of rotatable bonds is 6. The molecule has 0 fully saturated rings. The van der Waals surface area contributed by atoms with Gasteiger partial charge in [-0.2, -0.15) is 13.2 Å².